The summed E-state index contributed by atoms with van der Waals surface area (Å²) in [5.74, 6) is -4.22. The number of alkyl carbamates (subject to hydrolysis) is 1. The summed E-state index contributed by atoms with van der Waals surface area (Å²) in [6, 6.07) is 0. The quantitative estimate of drug-likeness (QED) is 0.146. The van der Waals surface area contributed by atoms with Crippen molar-refractivity contribution in [3.8, 4) is 0 Å². The van der Waals surface area contributed by atoms with Crippen molar-refractivity contribution in [2.45, 2.75) is 89.0 Å². The molecule has 0 heterocycles. The minimum absolute atomic E-state index is 0.0834. The Morgan fingerprint density at radius 2 is 1.76 bits per heavy atom. The van der Waals surface area contributed by atoms with Crippen LogP contribution in [0.1, 0.15) is 59.3 Å². The summed E-state index contributed by atoms with van der Waals surface area (Å²) in [5.41, 5.74) is -4.89. The van der Waals surface area contributed by atoms with Gasteiger partial charge in [0.2, 0.25) is 12.0 Å². The van der Waals surface area contributed by atoms with Gasteiger partial charge in [-0.15, -0.1) is 0 Å². The summed E-state index contributed by atoms with van der Waals surface area (Å²) in [6.07, 6.45) is 1.97. The van der Waals surface area contributed by atoms with Crippen molar-refractivity contribution < 1.29 is 52.0 Å². The third-order valence-corrected chi connectivity index (χ3v) is 8.88. The van der Waals surface area contributed by atoms with Crippen LogP contribution in [0.15, 0.2) is 25.3 Å². The molecule has 0 aliphatic heterocycles. The lowest BCUT2D eigenvalue weighted by atomic mass is 9.84. The first-order chi connectivity index (χ1) is 19.5. The molecule has 4 aliphatic carbocycles. The van der Waals surface area contributed by atoms with Crippen molar-refractivity contribution in [3.05, 3.63) is 25.3 Å². The average Bonchev–Trinajstić information content (AvgIpc) is 3.20. The molecule has 0 saturated heterocycles. The number of carbonyl (C=O) groups excluding carboxylic acids is 4. The number of nitrogens with one attached hydrogen (secondary N) is 1. The Hall–Kier alpha value is -3.15. The largest absolute Gasteiger partial charge is 0.511 e. The van der Waals surface area contributed by atoms with Crippen LogP contribution in [0.25, 0.3) is 0 Å². The molecule has 2 bridgehead atoms. The summed E-state index contributed by atoms with van der Waals surface area (Å²) < 4.78 is 48.3. The standard InChI is InChI=1S/C29H40FNO10/c1-6-11-36-21-15-19-22(28(19,30)23(32)37-12-7-2)29(21,31-25(34)38-13-8-3)24(33)39-17(4)40-26(35)41-20-14-18-9-10-27(20,5)16-18/h7-8,17-22H,2-3,6,9-16H2,1,4-5H3,(H,31,34)/t17?,18-,19+,20+,21+,22-,27-,28+,29-/m0/s1. The van der Waals surface area contributed by atoms with Crippen molar-refractivity contribution in [2.75, 3.05) is 19.8 Å². The van der Waals surface area contributed by atoms with Gasteiger partial charge in [0.25, 0.3) is 0 Å². The Bertz CT molecular complexity index is 1070. The SMILES string of the molecule is C=CCOC(=O)N[C@@]1(C(=O)OC(C)OC(=O)O[C@@H]2C[C@@H]3CC[C@@]2(C)C3)[C@H](OCCC)C[C@@H]2[C@H]1[C@@]2(F)C(=O)OCC=C. The topological polar surface area (TPSA) is 136 Å². The number of alkyl halides is 1. The summed E-state index contributed by atoms with van der Waals surface area (Å²) in [6.45, 7) is 11.9. The van der Waals surface area contributed by atoms with E-state index in [0.29, 0.717) is 12.3 Å². The Morgan fingerprint density at radius 3 is 2.37 bits per heavy atom. The summed E-state index contributed by atoms with van der Waals surface area (Å²) in [5, 5.41) is 2.44. The van der Waals surface area contributed by atoms with E-state index in [0.717, 1.165) is 25.7 Å². The highest BCUT2D eigenvalue weighted by atomic mass is 19.1. The van der Waals surface area contributed by atoms with Gasteiger partial charge < -0.3 is 33.7 Å². The van der Waals surface area contributed by atoms with Crippen LogP contribution in [0.2, 0.25) is 0 Å². The van der Waals surface area contributed by atoms with Crippen molar-refractivity contribution >= 4 is 24.2 Å². The second kappa shape index (κ2) is 12.0. The van der Waals surface area contributed by atoms with Crippen LogP contribution >= 0.6 is 0 Å². The van der Waals surface area contributed by atoms with Crippen molar-refractivity contribution in [2.24, 2.45) is 23.2 Å². The van der Waals surface area contributed by atoms with Crippen LogP contribution < -0.4 is 5.32 Å². The molecule has 0 radical (unpaired) electrons. The Balaban J connectivity index is 1.53. The molecule has 4 fully saturated rings. The highest BCUT2D eigenvalue weighted by Crippen LogP contribution is 2.68. The average molecular weight is 582 g/mol. The van der Waals surface area contributed by atoms with Gasteiger partial charge in [-0.05, 0) is 44.4 Å². The van der Waals surface area contributed by atoms with Crippen LogP contribution in [0, 0.1) is 23.2 Å². The molecule has 0 aromatic rings. The van der Waals surface area contributed by atoms with E-state index >= 15 is 4.39 Å². The van der Waals surface area contributed by atoms with Crippen molar-refractivity contribution in [3.63, 3.8) is 0 Å². The van der Waals surface area contributed by atoms with Crippen LogP contribution in [-0.4, -0.2) is 73.7 Å². The van der Waals surface area contributed by atoms with Gasteiger partial charge in [-0.25, -0.2) is 23.6 Å². The maximum Gasteiger partial charge on any atom is 0.511 e. The van der Waals surface area contributed by atoms with E-state index in [-0.39, 0.29) is 37.8 Å². The summed E-state index contributed by atoms with van der Waals surface area (Å²) in [4.78, 5) is 51.9. The lowest BCUT2D eigenvalue weighted by Crippen LogP contribution is -2.65. The lowest BCUT2D eigenvalue weighted by molar-refractivity contribution is -0.186. The molecule has 4 saturated carbocycles. The number of hydrogen-bond acceptors (Lipinski definition) is 10. The summed E-state index contributed by atoms with van der Waals surface area (Å²) >= 11 is 0. The molecule has 1 amide bonds. The number of rotatable bonds is 13. The van der Waals surface area contributed by atoms with Crippen LogP contribution in [0.4, 0.5) is 14.0 Å². The molecular weight excluding hydrogens is 541 g/mol. The number of fused-ring (bicyclic) bond motifs is 3. The van der Waals surface area contributed by atoms with Crippen molar-refractivity contribution in [1.82, 2.24) is 5.32 Å². The lowest BCUT2D eigenvalue weighted by Gasteiger charge is -2.37. The molecule has 12 heteroatoms. The molecule has 4 rings (SSSR count). The van der Waals surface area contributed by atoms with Gasteiger partial charge in [0.1, 0.15) is 19.3 Å². The van der Waals surface area contributed by atoms with Gasteiger partial charge >= 0.3 is 24.2 Å². The van der Waals surface area contributed by atoms with Gasteiger partial charge in [0, 0.05) is 30.8 Å². The summed E-state index contributed by atoms with van der Waals surface area (Å²) in [7, 11) is 0. The smallest absolute Gasteiger partial charge is 0.459 e. The zero-order chi connectivity index (χ0) is 30.0. The van der Waals surface area contributed by atoms with Crippen LogP contribution in [0.5, 0.6) is 0 Å². The zero-order valence-electron chi connectivity index (χ0n) is 23.9. The molecule has 1 unspecified atom stereocenters. The van der Waals surface area contributed by atoms with Gasteiger partial charge in [0.15, 0.2) is 5.54 Å². The minimum Gasteiger partial charge on any atom is -0.459 e. The van der Waals surface area contributed by atoms with Crippen LogP contribution in [0.3, 0.4) is 0 Å². The second-order valence-electron chi connectivity index (χ2n) is 11.7. The van der Waals surface area contributed by atoms with E-state index in [9.17, 15) is 19.2 Å². The first-order valence-electron chi connectivity index (χ1n) is 14.2. The fraction of sp³-hybridized carbons (Fsp3) is 0.724. The Labute approximate surface area is 239 Å². The van der Waals surface area contributed by atoms with E-state index in [2.05, 4.69) is 25.4 Å². The predicted molar refractivity (Wildman–Crippen MR) is 141 cm³/mol. The minimum atomic E-state index is -2.60. The Kier molecular flexibility index (Phi) is 9.01. The molecule has 41 heavy (non-hydrogen) atoms. The predicted octanol–water partition coefficient (Wildman–Crippen LogP) is 4.14. The first-order valence-corrected chi connectivity index (χ1v) is 14.2. The highest BCUT2D eigenvalue weighted by molar-refractivity contribution is 5.94. The van der Waals surface area contributed by atoms with E-state index in [1.54, 1.807) is 0 Å². The molecule has 9 atom stereocenters. The van der Waals surface area contributed by atoms with E-state index in [1.807, 2.05) is 6.92 Å². The number of esters is 2. The van der Waals surface area contributed by atoms with Crippen molar-refractivity contribution in [1.29, 1.82) is 0 Å². The zero-order valence-corrected chi connectivity index (χ0v) is 23.9. The molecule has 228 valence electrons. The molecule has 11 nitrogen and oxygen atoms in total. The number of halogens is 1. The first kappa shape index (κ1) is 30.8. The molecule has 0 aromatic heterocycles. The number of ether oxygens (including phenoxy) is 6. The maximum absolute atomic E-state index is 16.2. The highest BCUT2D eigenvalue weighted by Gasteiger charge is 2.87. The molecule has 0 aromatic carbocycles. The normalized spacial score (nSPS) is 36.8. The molecule has 0 spiro atoms. The van der Waals surface area contributed by atoms with Gasteiger partial charge in [0.05, 0.1) is 6.10 Å². The van der Waals surface area contributed by atoms with Gasteiger partial charge in [-0.2, -0.15) is 0 Å². The number of amides is 1. The molecule has 4 aliphatic rings. The van der Waals surface area contributed by atoms with Gasteiger partial charge in [-0.3, -0.25) is 0 Å². The molecule has 1 N–H and O–H groups in total. The van der Waals surface area contributed by atoms with Crippen LogP contribution in [-0.2, 0) is 38.0 Å². The fourth-order valence-corrected chi connectivity index (χ4v) is 7.01. The van der Waals surface area contributed by atoms with E-state index in [1.165, 1.54) is 19.1 Å². The number of carbonyl (C=O) groups is 4. The maximum atomic E-state index is 16.2. The third kappa shape index (κ3) is 5.67. The third-order valence-electron chi connectivity index (χ3n) is 8.88. The second-order valence-corrected chi connectivity index (χ2v) is 11.7. The van der Waals surface area contributed by atoms with E-state index < -0.39 is 59.6 Å². The fourth-order valence-electron chi connectivity index (χ4n) is 7.01. The Morgan fingerprint density at radius 1 is 1.05 bits per heavy atom. The monoisotopic (exact) mass is 581 g/mol. The number of hydrogen-bond donors (Lipinski definition) is 1. The van der Waals surface area contributed by atoms with E-state index in [4.69, 9.17) is 28.4 Å². The van der Waals surface area contributed by atoms with Gasteiger partial charge in [-0.1, -0.05) is 39.2 Å². The molecular formula is C29H40FNO10.